The minimum absolute atomic E-state index is 0.208. The highest BCUT2D eigenvalue weighted by atomic mass is 16.7. The number of hydrogen-bond donors (Lipinski definition) is 1. The van der Waals surface area contributed by atoms with Gasteiger partial charge in [-0.15, -0.1) is 0 Å². The lowest BCUT2D eigenvalue weighted by Crippen LogP contribution is -2.58. The van der Waals surface area contributed by atoms with Crippen molar-refractivity contribution in [3.05, 3.63) is 48.2 Å². The monoisotopic (exact) mass is 476 g/mol. The van der Waals surface area contributed by atoms with Gasteiger partial charge < -0.3 is 29.0 Å². The van der Waals surface area contributed by atoms with E-state index >= 15 is 0 Å². The fourth-order valence-corrected chi connectivity index (χ4v) is 3.87. The highest BCUT2D eigenvalue weighted by Gasteiger charge is 2.53. The van der Waals surface area contributed by atoms with Crippen LogP contribution in [-0.2, 0) is 44.5 Å². The Morgan fingerprint density at radius 1 is 1.00 bits per heavy atom. The molecule has 2 aliphatic heterocycles. The quantitative estimate of drug-likeness (QED) is 0.413. The third-order valence-electron chi connectivity index (χ3n) is 5.34. The fourth-order valence-electron chi connectivity index (χ4n) is 3.87. The first-order valence-corrected chi connectivity index (χ1v) is 10.8. The van der Waals surface area contributed by atoms with Gasteiger partial charge in [0.1, 0.15) is 12.7 Å². The maximum atomic E-state index is 12.5. The number of rotatable bonds is 8. The molecule has 0 aliphatic carbocycles. The molecule has 0 spiro atoms. The van der Waals surface area contributed by atoms with Gasteiger partial charge in [-0.3, -0.25) is 24.1 Å². The molecule has 3 rings (SSSR count). The molecule has 1 saturated heterocycles. The summed E-state index contributed by atoms with van der Waals surface area (Å²) in [6.45, 7) is 3.51. The van der Waals surface area contributed by atoms with Gasteiger partial charge in [0.2, 0.25) is 6.35 Å². The number of aliphatic hydroxyl groups excluding tert-OH is 1. The van der Waals surface area contributed by atoms with E-state index in [1.165, 1.54) is 42.8 Å². The fraction of sp³-hybridized carbons (Fsp3) is 0.478. The second-order valence-corrected chi connectivity index (χ2v) is 7.89. The zero-order valence-electron chi connectivity index (χ0n) is 19.2. The predicted molar refractivity (Wildman–Crippen MR) is 115 cm³/mol. The molecule has 1 N–H and O–H groups in total. The molecular formula is C23H28N2O9. The molecule has 0 saturated carbocycles. The van der Waals surface area contributed by atoms with Crippen LogP contribution in [0.15, 0.2) is 42.6 Å². The maximum absolute atomic E-state index is 12.5. The number of carbonyl (C=O) groups excluding carboxylic acids is 4. The van der Waals surface area contributed by atoms with Gasteiger partial charge >= 0.3 is 17.9 Å². The van der Waals surface area contributed by atoms with Crippen molar-refractivity contribution in [1.29, 1.82) is 0 Å². The van der Waals surface area contributed by atoms with E-state index in [0.717, 1.165) is 5.56 Å². The number of hydrogen-bond acceptors (Lipinski definition) is 10. The maximum Gasteiger partial charge on any atom is 0.303 e. The minimum atomic E-state index is -1.45. The Morgan fingerprint density at radius 3 is 2.26 bits per heavy atom. The van der Waals surface area contributed by atoms with E-state index < -0.39 is 54.7 Å². The topological polar surface area (TPSA) is 132 Å². The van der Waals surface area contributed by atoms with Crippen LogP contribution < -0.4 is 0 Å². The van der Waals surface area contributed by atoms with Gasteiger partial charge in [-0.2, -0.15) is 0 Å². The van der Waals surface area contributed by atoms with Crippen LogP contribution >= 0.6 is 0 Å². The van der Waals surface area contributed by atoms with Crippen molar-refractivity contribution < 1.29 is 43.2 Å². The molecule has 184 valence electrons. The van der Waals surface area contributed by atoms with E-state index in [4.69, 9.17) is 18.9 Å². The van der Waals surface area contributed by atoms with Crippen molar-refractivity contribution >= 4 is 23.8 Å². The number of carbonyl (C=O) groups is 4. The molecule has 2 heterocycles. The number of ether oxygens (including phenoxy) is 4. The molecule has 11 heteroatoms. The van der Waals surface area contributed by atoms with Gasteiger partial charge in [-0.1, -0.05) is 30.3 Å². The van der Waals surface area contributed by atoms with Crippen LogP contribution in [0.4, 0.5) is 0 Å². The van der Waals surface area contributed by atoms with E-state index in [1.54, 1.807) is 0 Å². The van der Waals surface area contributed by atoms with E-state index in [-0.39, 0.29) is 13.2 Å². The van der Waals surface area contributed by atoms with Crippen LogP contribution in [0.1, 0.15) is 26.3 Å². The molecule has 4 unspecified atom stereocenters. The average Bonchev–Trinajstić information content (AvgIpc) is 3.08. The third kappa shape index (κ3) is 6.12. The van der Waals surface area contributed by atoms with Crippen LogP contribution in [0.25, 0.3) is 0 Å². The van der Waals surface area contributed by atoms with Gasteiger partial charge in [0.05, 0.1) is 0 Å². The summed E-state index contributed by atoms with van der Waals surface area (Å²) in [6.07, 6.45) is -2.75. The number of nitrogens with zero attached hydrogens (tertiary/aromatic N) is 2. The number of amides is 1. The summed E-state index contributed by atoms with van der Waals surface area (Å²) in [5.74, 6) is -2.31. The van der Waals surface area contributed by atoms with Crippen molar-refractivity contribution in [2.45, 2.75) is 58.1 Å². The number of esters is 3. The largest absolute Gasteiger partial charge is 0.463 e. The van der Waals surface area contributed by atoms with Crippen molar-refractivity contribution in [3.63, 3.8) is 0 Å². The van der Waals surface area contributed by atoms with Crippen LogP contribution in [-0.4, -0.2) is 82.8 Å². The average molecular weight is 476 g/mol. The Kier molecular flexibility index (Phi) is 8.24. The Labute approximate surface area is 196 Å². The van der Waals surface area contributed by atoms with E-state index in [1.807, 2.05) is 30.3 Å². The Bertz CT molecular complexity index is 936. The number of aliphatic hydroxyl groups is 1. The molecule has 0 bridgehead atoms. The molecule has 5 atom stereocenters. The summed E-state index contributed by atoms with van der Waals surface area (Å²) in [4.78, 5) is 49.9. The second kappa shape index (κ2) is 11.1. The Balaban J connectivity index is 1.83. The van der Waals surface area contributed by atoms with Gasteiger partial charge in [-0.05, 0) is 12.0 Å². The lowest BCUT2D eigenvalue weighted by molar-refractivity contribution is -0.198. The van der Waals surface area contributed by atoms with E-state index in [0.29, 0.717) is 6.42 Å². The van der Waals surface area contributed by atoms with Crippen molar-refractivity contribution in [1.82, 2.24) is 9.80 Å². The van der Waals surface area contributed by atoms with E-state index in [9.17, 15) is 24.3 Å². The first kappa shape index (κ1) is 25.2. The molecule has 1 aromatic rings. The molecule has 1 aromatic carbocycles. The summed E-state index contributed by atoms with van der Waals surface area (Å²) in [5, 5.41) is 11.0. The molecule has 11 nitrogen and oxygen atoms in total. The summed E-state index contributed by atoms with van der Waals surface area (Å²) < 4.78 is 21.7. The summed E-state index contributed by atoms with van der Waals surface area (Å²) in [7, 11) is 0. The van der Waals surface area contributed by atoms with Gasteiger partial charge in [0, 0.05) is 39.6 Å². The highest BCUT2D eigenvalue weighted by molar-refractivity contribution is 5.88. The van der Waals surface area contributed by atoms with Crippen molar-refractivity contribution in [3.8, 4) is 0 Å². The molecule has 0 aromatic heterocycles. The summed E-state index contributed by atoms with van der Waals surface area (Å²) in [6, 6.07) is 9.46. The van der Waals surface area contributed by atoms with Crippen molar-refractivity contribution in [2.75, 3.05) is 13.2 Å². The number of benzene rings is 1. The lowest BCUT2D eigenvalue weighted by Gasteiger charge is -2.41. The standard InChI is InChI=1S/C23H28N2O9/c1-14(26)31-13-18-20(32-15(2)27)21(33-16(3)28)22(34-18)25-12-10-19(29)24(23(25)30)11-9-17-7-5-4-6-8-17/h4-8,10,12,18,20-23,30H,9,11,13H2,1-3H3/t18?,20?,21-,22?,23?/m0/s1. The van der Waals surface area contributed by atoms with Crippen LogP contribution in [0.5, 0.6) is 0 Å². The molecule has 2 aliphatic rings. The predicted octanol–water partition coefficient (Wildman–Crippen LogP) is 0.314. The SMILES string of the molecule is CC(=O)OCC1OC(N2C=CC(=O)N(CCc3ccccc3)C2O)[C@@H](OC(C)=O)C1OC(C)=O. The first-order chi connectivity index (χ1) is 16.2. The first-order valence-electron chi connectivity index (χ1n) is 10.8. The van der Waals surface area contributed by atoms with Crippen LogP contribution in [0.2, 0.25) is 0 Å². The Hall–Kier alpha value is -3.44. The summed E-state index contributed by atoms with van der Waals surface area (Å²) >= 11 is 0. The smallest absolute Gasteiger partial charge is 0.303 e. The third-order valence-corrected chi connectivity index (χ3v) is 5.34. The van der Waals surface area contributed by atoms with Gasteiger partial charge in [0.15, 0.2) is 18.4 Å². The van der Waals surface area contributed by atoms with Crippen LogP contribution in [0.3, 0.4) is 0 Å². The zero-order valence-corrected chi connectivity index (χ0v) is 19.2. The summed E-state index contributed by atoms with van der Waals surface area (Å²) in [5.41, 5.74) is 0.981. The lowest BCUT2D eigenvalue weighted by atomic mass is 10.1. The van der Waals surface area contributed by atoms with Crippen LogP contribution in [0, 0.1) is 0 Å². The normalized spacial score (nSPS) is 26.4. The Morgan fingerprint density at radius 2 is 1.65 bits per heavy atom. The van der Waals surface area contributed by atoms with Gasteiger partial charge in [0.25, 0.3) is 5.91 Å². The van der Waals surface area contributed by atoms with Crippen molar-refractivity contribution in [2.24, 2.45) is 0 Å². The second-order valence-electron chi connectivity index (χ2n) is 7.89. The molecule has 1 amide bonds. The zero-order chi connectivity index (χ0) is 24.8. The highest BCUT2D eigenvalue weighted by Crippen LogP contribution is 2.32. The molecule has 34 heavy (non-hydrogen) atoms. The van der Waals surface area contributed by atoms with Gasteiger partial charge in [-0.25, -0.2) is 0 Å². The molecular weight excluding hydrogens is 448 g/mol. The minimum Gasteiger partial charge on any atom is -0.463 e. The van der Waals surface area contributed by atoms with E-state index in [2.05, 4.69) is 0 Å². The molecule has 0 radical (unpaired) electrons. The molecule has 1 fully saturated rings.